The standard InChI is InChI=1S/C27H25N3O7S2/c1-17(31)28-21-12-13-30(26(34)29-21)25-27(38-14-15-39-27)22(37-24(33)19-10-6-3-7-11-19)20(36-25)16-35-23(32)18-8-4-2-5-9-18/h2-13,20,22,25H,14-16H2,1H3,(H,28,29,31,34)/t20-,22-,25-/m1/s1. The molecule has 202 valence electrons. The van der Waals surface area contributed by atoms with Crippen LogP contribution in [0.2, 0.25) is 0 Å². The van der Waals surface area contributed by atoms with Gasteiger partial charge in [-0.1, -0.05) is 36.4 Å². The monoisotopic (exact) mass is 567 g/mol. The third kappa shape index (κ3) is 5.72. The zero-order valence-corrected chi connectivity index (χ0v) is 22.5. The normalized spacial score (nSPS) is 21.4. The Morgan fingerprint density at radius 2 is 1.62 bits per heavy atom. The maximum atomic E-state index is 13.2. The molecule has 12 heteroatoms. The van der Waals surface area contributed by atoms with E-state index in [9.17, 15) is 19.2 Å². The number of nitrogens with zero attached hydrogens (tertiary/aromatic N) is 2. The van der Waals surface area contributed by atoms with Crippen LogP contribution in [0.5, 0.6) is 0 Å². The Hall–Kier alpha value is -3.61. The van der Waals surface area contributed by atoms with Crippen LogP contribution in [0.15, 0.2) is 77.7 Å². The lowest BCUT2D eigenvalue weighted by molar-refractivity contribution is -0.114. The second-order valence-corrected chi connectivity index (χ2v) is 11.8. The number of amides is 1. The number of nitrogens with one attached hydrogen (secondary N) is 1. The van der Waals surface area contributed by atoms with Gasteiger partial charge in [0, 0.05) is 24.6 Å². The molecule has 2 saturated heterocycles. The van der Waals surface area contributed by atoms with E-state index in [2.05, 4.69) is 10.3 Å². The molecule has 0 bridgehead atoms. The summed E-state index contributed by atoms with van der Waals surface area (Å²) in [6, 6.07) is 18.6. The molecule has 2 aromatic carbocycles. The Morgan fingerprint density at radius 1 is 1.00 bits per heavy atom. The quantitative estimate of drug-likeness (QED) is 0.425. The second-order valence-electron chi connectivity index (χ2n) is 8.79. The first kappa shape index (κ1) is 27.0. The number of rotatable bonds is 7. The van der Waals surface area contributed by atoms with E-state index in [-0.39, 0.29) is 18.3 Å². The van der Waals surface area contributed by atoms with Crippen molar-refractivity contribution in [3.63, 3.8) is 0 Å². The summed E-state index contributed by atoms with van der Waals surface area (Å²) in [5, 5.41) is 2.49. The lowest BCUT2D eigenvalue weighted by Crippen LogP contribution is -2.45. The zero-order valence-electron chi connectivity index (χ0n) is 20.9. The molecule has 1 amide bonds. The van der Waals surface area contributed by atoms with Gasteiger partial charge in [-0.2, -0.15) is 4.98 Å². The summed E-state index contributed by atoms with van der Waals surface area (Å²) in [6.07, 6.45) is -1.13. The molecular weight excluding hydrogens is 542 g/mol. The van der Waals surface area contributed by atoms with Crippen molar-refractivity contribution in [2.45, 2.75) is 29.4 Å². The number of carbonyl (C=O) groups is 3. The largest absolute Gasteiger partial charge is 0.459 e. The van der Waals surface area contributed by atoms with Gasteiger partial charge >= 0.3 is 17.6 Å². The van der Waals surface area contributed by atoms with E-state index in [4.69, 9.17) is 14.2 Å². The molecule has 1 N–H and O–H groups in total. The summed E-state index contributed by atoms with van der Waals surface area (Å²) in [6.45, 7) is 1.12. The molecule has 2 aliphatic heterocycles. The van der Waals surface area contributed by atoms with Crippen LogP contribution < -0.4 is 11.0 Å². The third-order valence-electron chi connectivity index (χ3n) is 6.14. The van der Waals surface area contributed by atoms with Gasteiger partial charge in [0.2, 0.25) is 5.91 Å². The van der Waals surface area contributed by atoms with Crippen LogP contribution in [-0.2, 0) is 19.0 Å². The molecule has 0 unspecified atom stereocenters. The molecular formula is C27H25N3O7S2. The predicted octanol–water partition coefficient (Wildman–Crippen LogP) is 3.36. The van der Waals surface area contributed by atoms with Crippen molar-refractivity contribution in [2.24, 2.45) is 0 Å². The minimum atomic E-state index is -0.907. The number of benzene rings is 2. The summed E-state index contributed by atoms with van der Waals surface area (Å²) in [7, 11) is 0. The Kier molecular flexibility index (Phi) is 8.05. The van der Waals surface area contributed by atoms with Crippen molar-refractivity contribution < 1.29 is 28.6 Å². The number of esters is 2. The predicted molar refractivity (Wildman–Crippen MR) is 147 cm³/mol. The maximum absolute atomic E-state index is 13.2. The lowest BCUT2D eigenvalue weighted by Gasteiger charge is -2.33. The van der Waals surface area contributed by atoms with Crippen LogP contribution in [-0.4, -0.2) is 61.8 Å². The third-order valence-corrected chi connectivity index (χ3v) is 9.69. The second kappa shape index (κ2) is 11.6. The summed E-state index contributed by atoms with van der Waals surface area (Å²) in [4.78, 5) is 54.3. The van der Waals surface area contributed by atoms with Gasteiger partial charge < -0.3 is 19.5 Å². The summed E-state index contributed by atoms with van der Waals surface area (Å²) in [5.74, 6) is 0.114. The maximum Gasteiger partial charge on any atom is 0.351 e. The van der Waals surface area contributed by atoms with Crippen molar-refractivity contribution >= 4 is 47.2 Å². The van der Waals surface area contributed by atoms with Gasteiger partial charge in [-0.05, 0) is 30.3 Å². The molecule has 0 aliphatic carbocycles. The first-order valence-electron chi connectivity index (χ1n) is 12.2. The topological polar surface area (TPSA) is 126 Å². The van der Waals surface area contributed by atoms with Gasteiger partial charge in [0.05, 0.1) is 11.1 Å². The fourth-order valence-electron chi connectivity index (χ4n) is 4.44. The van der Waals surface area contributed by atoms with E-state index in [1.54, 1.807) is 60.7 Å². The van der Waals surface area contributed by atoms with Crippen LogP contribution in [0.25, 0.3) is 0 Å². The summed E-state index contributed by atoms with van der Waals surface area (Å²) < 4.78 is 18.4. The number of ether oxygens (including phenoxy) is 3. The number of anilines is 1. The fourth-order valence-corrected chi connectivity index (χ4v) is 7.93. The zero-order chi connectivity index (χ0) is 27.4. The van der Waals surface area contributed by atoms with Gasteiger partial charge in [-0.25, -0.2) is 14.4 Å². The Balaban J connectivity index is 1.47. The van der Waals surface area contributed by atoms with Crippen LogP contribution >= 0.6 is 23.5 Å². The molecule has 39 heavy (non-hydrogen) atoms. The molecule has 3 atom stereocenters. The molecule has 3 aromatic rings. The minimum Gasteiger partial charge on any atom is -0.459 e. The van der Waals surface area contributed by atoms with E-state index >= 15 is 0 Å². The van der Waals surface area contributed by atoms with E-state index in [1.165, 1.54) is 47.3 Å². The highest BCUT2D eigenvalue weighted by Gasteiger charge is 2.62. The van der Waals surface area contributed by atoms with Crippen molar-refractivity contribution in [1.29, 1.82) is 0 Å². The van der Waals surface area contributed by atoms with Crippen molar-refractivity contribution in [2.75, 3.05) is 23.4 Å². The fraction of sp³-hybridized carbons (Fsp3) is 0.296. The van der Waals surface area contributed by atoms with Gasteiger partial charge in [-0.15, -0.1) is 23.5 Å². The van der Waals surface area contributed by atoms with Gasteiger partial charge in [0.15, 0.2) is 12.3 Å². The molecule has 0 radical (unpaired) electrons. The lowest BCUT2D eigenvalue weighted by atomic mass is 10.1. The molecule has 2 aliphatic rings. The molecule has 2 fully saturated rings. The number of thioether (sulfide) groups is 2. The average Bonchev–Trinajstić information content (AvgIpc) is 3.54. The number of hydrogen-bond acceptors (Lipinski definition) is 10. The van der Waals surface area contributed by atoms with Crippen molar-refractivity contribution in [3.05, 3.63) is 94.5 Å². The molecule has 10 nitrogen and oxygen atoms in total. The van der Waals surface area contributed by atoms with Crippen molar-refractivity contribution in [1.82, 2.24) is 9.55 Å². The van der Waals surface area contributed by atoms with Crippen LogP contribution in [0.3, 0.4) is 0 Å². The minimum absolute atomic E-state index is 0.114. The highest BCUT2D eigenvalue weighted by Crippen LogP contribution is 2.59. The van der Waals surface area contributed by atoms with E-state index in [1.807, 2.05) is 0 Å². The number of carbonyl (C=O) groups excluding carboxylic acids is 3. The molecule has 1 spiro atoms. The molecule has 3 heterocycles. The highest BCUT2D eigenvalue weighted by molar-refractivity contribution is 8.21. The van der Waals surface area contributed by atoms with Crippen LogP contribution in [0.4, 0.5) is 5.82 Å². The van der Waals surface area contributed by atoms with E-state index < -0.39 is 40.1 Å². The van der Waals surface area contributed by atoms with Gasteiger partial charge in [0.25, 0.3) is 0 Å². The summed E-state index contributed by atoms with van der Waals surface area (Å²) >= 11 is 3.04. The van der Waals surface area contributed by atoms with E-state index in [0.717, 1.165) is 11.5 Å². The number of hydrogen-bond donors (Lipinski definition) is 1. The summed E-state index contributed by atoms with van der Waals surface area (Å²) in [5.41, 5.74) is 0.0922. The van der Waals surface area contributed by atoms with Gasteiger partial charge in [-0.3, -0.25) is 9.36 Å². The number of aromatic nitrogens is 2. The molecule has 1 aromatic heterocycles. The smallest absolute Gasteiger partial charge is 0.351 e. The first-order chi connectivity index (χ1) is 18.9. The van der Waals surface area contributed by atoms with Crippen LogP contribution in [0, 0.1) is 0 Å². The van der Waals surface area contributed by atoms with Crippen molar-refractivity contribution in [3.8, 4) is 0 Å². The van der Waals surface area contributed by atoms with Crippen LogP contribution in [0.1, 0.15) is 33.9 Å². The Morgan fingerprint density at radius 3 is 2.21 bits per heavy atom. The average molecular weight is 568 g/mol. The Bertz CT molecular complexity index is 1410. The highest BCUT2D eigenvalue weighted by atomic mass is 32.2. The Labute approximate surface area is 232 Å². The SMILES string of the molecule is CC(=O)Nc1ccn([C@@H]2O[C@H](COC(=O)c3ccccc3)[C@@H](OC(=O)c3ccccc3)C23SCCS3)c(=O)n1. The molecule has 5 rings (SSSR count). The van der Waals surface area contributed by atoms with Gasteiger partial charge in [0.1, 0.15) is 22.6 Å². The first-order valence-corrected chi connectivity index (χ1v) is 14.1. The van der Waals surface area contributed by atoms with E-state index in [0.29, 0.717) is 11.1 Å². The molecule has 0 saturated carbocycles.